The second kappa shape index (κ2) is 15.0. The Bertz CT molecular complexity index is 675. The Hall–Kier alpha value is -2.87. The van der Waals surface area contributed by atoms with Gasteiger partial charge in [0.05, 0.1) is 6.04 Å². The molecule has 10 N–H and O–H groups in total. The first-order valence-corrected chi connectivity index (χ1v) is 10.8. The molecule has 0 fully saturated rings. The molecular weight excluding hydrogens is 432 g/mol. The number of primary amides is 2. The van der Waals surface area contributed by atoms with Gasteiger partial charge in [0.1, 0.15) is 18.6 Å². The maximum atomic E-state index is 12.7. The molecule has 0 radical (unpaired) electrons. The summed E-state index contributed by atoms with van der Waals surface area (Å²) in [6, 6.07) is -3.41. The van der Waals surface area contributed by atoms with Crippen LogP contribution < -0.4 is 33.2 Å². The van der Waals surface area contributed by atoms with E-state index in [0.717, 1.165) is 0 Å². The van der Waals surface area contributed by atoms with E-state index in [1.807, 2.05) is 6.26 Å². The van der Waals surface area contributed by atoms with E-state index < -0.39 is 60.2 Å². The molecule has 0 saturated carbocycles. The lowest BCUT2D eigenvalue weighted by atomic mass is 10.1. The summed E-state index contributed by atoms with van der Waals surface area (Å²) in [7, 11) is 0. The first-order chi connectivity index (χ1) is 14.5. The van der Waals surface area contributed by atoms with Gasteiger partial charge in [0, 0.05) is 12.8 Å². The van der Waals surface area contributed by atoms with Crippen molar-refractivity contribution in [1.29, 1.82) is 0 Å². The molecule has 0 bridgehead atoms. The van der Waals surface area contributed by atoms with E-state index >= 15 is 0 Å². The highest BCUT2D eigenvalue weighted by Crippen LogP contribution is 2.04. The number of aliphatic carboxylic acids is 1. The number of carbonyl (C=O) groups is 6. The van der Waals surface area contributed by atoms with Crippen molar-refractivity contribution < 1.29 is 33.9 Å². The molecule has 0 aliphatic carbocycles. The SMILES string of the molecule is CSCCC(N)C(=O)NC(CCC(N)=O)C(=O)NC(CCC(N)=O)C(=O)NCC(=O)O. The van der Waals surface area contributed by atoms with Gasteiger partial charge in [-0.1, -0.05) is 0 Å². The second-order valence-corrected chi connectivity index (χ2v) is 7.62. The normalized spacial score (nSPS) is 13.4. The molecule has 0 aromatic carbocycles. The van der Waals surface area contributed by atoms with Crippen LogP contribution in [0.4, 0.5) is 0 Å². The zero-order valence-electron chi connectivity index (χ0n) is 17.2. The smallest absolute Gasteiger partial charge is 0.322 e. The first-order valence-electron chi connectivity index (χ1n) is 9.39. The standard InChI is InChI=1S/C17H30N6O7S/c1-31-7-6-9(18)15(28)22-11(3-5-13(20)25)17(30)23-10(2-4-12(19)24)16(29)21-8-14(26)27/h9-11H,2-8,18H2,1H3,(H2,19,24)(H2,20,25)(H,21,29)(H,22,28)(H,23,30)(H,26,27). The minimum absolute atomic E-state index is 0.151. The molecule has 0 aliphatic rings. The molecule has 3 unspecified atom stereocenters. The molecule has 3 atom stereocenters. The van der Waals surface area contributed by atoms with E-state index in [1.54, 1.807) is 0 Å². The highest BCUT2D eigenvalue weighted by molar-refractivity contribution is 7.98. The number of amides is 5. The molecule has 0 rings (SSSR count). The molecular formula is C17H30N6O7S. The highest BCUT2D eigenvalue weighted by Gasteiger charge is 2.28. The zero-order chi connectivity index (χ0) is 24.0. The van der Waals surface area contributed by atoms with Gasteiger partial charge in [-0.2, -0.15) is 11.8 Å². The minimum Gasteiger partial charge on any atom is -0.480 e. The number of thioether (sulfide) groups is 1. The predicted molar refractivity (Wildman–Crippen MR) is 112 cm³/mol. The van der Waals surface area contributed by atoms with E-state index in [4.69, 9.17) is 22.3 Å². The number of hydrogen-bond acceptors (Lipinski definition) is 8. The van der Waals surface area contributed by atoms with Crippen LogP contribution in [0.2, 0.25) is 0 Å². The number of carbonyl (C=O) groups excluding carboxylic acids is 5. The summed E-state index contributed by atoms with van der Waals surface area (Å²) in [5.41, 5.74) is 16.0. The number of carboxylic acids is 1. The van der Waals surface area contributed by atoms with Gasteiger partial charge in [0.15, 0.2) is 0 Å². The summed E-state index contributed by atoms with van der Waals surface area (Å²) in [6.07, 6.45) is 1.36. The Morgan fingerprint density at radius 3 is 1.77 bits per heavy atom. The number of hydrogen-bond donors (Lipinski definition) is 7. The maximum absolute atomic E-state index is 12.7. The van der Waals surface area contributed by atoms with Crippen LogP contribution in [-0.2, 0) is 28.8 Å². The van der Waals surface area contributed by atoms with Gasteiger partial charge in [-0.3, -0.25) is 28.8 Å². The number of rotatable bonds is 16. The molecule has 0 spiro atoms. The van der Waals surface area contributed by atoms with Crippen LogP contribution in [0, 0.1) is 0 Å². The van der Waals surface area contributed by atoms with Gasteiger partial charge < -0.3 is 38.3 Å². The predicted octanol–water partition coefficient (Wildman–Crippen LogP) is -3.23. The quantitative estimate of drug-likeness (QED) is 0.122. The third kappa shape index (κ3) is 13.1. The van der Waals surface area contributed by atoms with Crippen molar-refractivity contribution in [2.45, 2.75) is 50.2 Å². The fourth-order valence-electron chi connectivity index (χ4n) is 2.32. The third-order valence-corrected chi connectivity index (χ3v) is 4.65. The topological polar surface area (TPSA) is 237 Å². The van der Waals surface area contributed by atoms with Gasteiger partial charge in [0.25, 0.3) is 0 Å². The fraction of sp³-hybridized carbons (Fsp3) is 0.647. The Labute approximate surface area is 183 Å². The zero-order valence-corrected chi connectivity index (χ0v) is 18.0. The van der Waals surface area contributed by atoms with Crippen molar-refractivity contribution in [3.63, 3.8) is 0 Å². The van der Waals surface area contributed by atoms with Gasteiger partial charge in [-0.05, 0) is 31.3 Å². The number of carboxylic acid groups (broad SMARTS) is 1. The lowest BCUT2D eigenvalue weighted by molar-refractivity contribution is -0.138. The average molecular weight is 463 g/mol. The summed E-state index contributed by atoms with van der Waals surface area (Å²) in [6.45, 7) is -0.700. The molecule has 176 valence electrons. The fourth-order valence-corrected chi connectivity index (χ4v) is 2.81. The molecule has 0 aliphatic heterocycles. The van der Waals surface area contributed by atoms with E-state index in [-0.39, 0.29) is 25.7 Å². The van der Waals surface area contributed by atoms with Crippen LogP contribution in [-0.4, -0.2) is 77.3 Å². The number of nitrogens with one attached hydrogen (secondary N) is 3. The minimum atomic E-state index is -1.31. The molecule has 5 amide bonds. The average Bonchev–Trinajstić information content (AvgIpc) is 2.69. The van der Waals surface area contributed by atoms with Crippen molar-refractivity contribution in [3.8, 4) is 0 Å². The number of nitrogens with two attached hydrogens (primary N) is 3. The first kappa shape index (κ1) is 28.1. The molecule has 0 aromatic heterocycles. The van der Waals surface area contributed by atoms with Gasteiger partial charge in [-0.15, -0.1) is 0 Å². The van der Waals surface area contributed by atoms with E-state index in [1.165, 1.54) is 11.8 Å². The Morgan fingerprint density at radius 2 is 1.32 bits per heavy atom. The Kier molecular flexibility index (Phi) is 13.6. The lowest BCUT2D eigenvalue weighted by Crippen LogP contribution is -2.56. The van der Waals surface area contributed by atoms with Crippen LogP contribution in [0.25, 0.3) is 0 Å². The molecule has 13 nitrogen and oxygen atoms in total. The monoisotopic (exact) mass is 462 g/mol. The second-order valence-electron chi connectivity index (χ2n) is 6.63. The van der Waals surface area contributed by atoms with Crippen LogP contribution in [0.3, 0.4) is 0 Å². The molecule has 0 saturated heterocycles. The lowest BCUT2D eigenvalue weighted by Gasteiger charge is -2.23. The largest absolute Gasteiger partial charge is 0.480 e. The Morgan fingerprint density at radius 1 is 0.839 bits per heavy atom. The van der Waals surface area contributed by atoms with Gasteiger partial charge >= 0.3 is 5.97 Å². The van der Waals surface area contributed by atoms with Crippen molar-refractivity contribution in [3.05, 3.63) is 0 Å². The van der Waals surface area contributed by atoms with E-state index in [9.17, 15) is 28.8 Å². The summed E-state index contributed by atoms with van der Waals surface area (Å²) < 4.78 is 0. The maximum Gasteiger partial charge on any atom is 0.322 e. The van der Waals surface area contributed by atoms with E-state index in [2.05, 4.69) is 16.0 Å². The summed E-state index contributed by atoms with van der Waals surface area (Å²) in [5.74, 6) is -4.43. The molecule has 14 heteroatoms. The molecule has 0 aromatic rings. The van der Waals surface area contributed by atoms with Gasteiger partial charge in [-0.25, -0.2) is 0 Å². The third-order valence-electron chi connectivity index (χ3n) is 4.01. The Balaban J connectivity index is 5.31. The summed E-state index contributed by atoms with van der Waals surface area (Å²) >= 11 is 1.49. The molecule has 0 heterocycles. The summed E-state index contributed by atoms with van der Waals surface area (Å²) in [5, 5.41) is 15.6. The van der Waals surface area contributed by atoms with Crippen LogP contribution >= 0.6 is 11.8 Å². The van der Waals surface area contributed by atoms with Gasteiger partial charge in [0.2, 0.25) is 29.5 Å². The van der Waals surface area contributed by atoms with Crippen molar-refractivity contribution in [2.24, 2.45) is 17.2 Å². The van der Waals surface area contributed by atoms with Crippen LogP contribution in [0.5, 0.6) is 0 Å². The highest BCUT2D eigenvalue weighted by atomic mass is 32.2. The van der Waals surface area contributed by atoms with Crippen molar-refractivity contribution in [2.75, 3.05) is 18.6 Å². The van der Waals surface area contributed by atoms with Crippen molar-refractivity contribution >= 4 is 47.3 Å². The van der Waals surface area contributed by atoms with Crippen molar-refractivity contribution in [1.82, 2.24) is 16.0 Å². The molecule has 31 heavy (non-hydrogen) atoms. The van der Waals surface area contributed by atoms with Crippen LogP contribution in [0.15, 0.2) is 0 Å². The summed E-state index contributed by atoms with van der Waals surface area (Å²) in [4.78, 5) is 70.0. The van der Waals surface area contributed by atoms with E-state index in [0.29, 0.717) is 12.2 Å². The van der Waals surface area contributed by atoms with Crippen LogP contribution in [0.1, 0.15) is 32.1 Å².